The van der Waals surface area contributed by atoms with E-state index in [0.717, 1.165) is 0 Å². The Morgan fingerprint density at radius 3 is 2.26 bits per heavy atom. The van der Waals surface area contributed by atoms with Crippen LogP contribution in [0.15, 0.2) is 54.7 Å². The summed E-state index contributed by atoms with van der Waals surface area (Å²) >= 11 is 0. The molecule has 0 saturated carbocycles. The van der Waals surface area contributed by atoms with Crippen LogP contribution in [0.25, 0.3) is 5.69 Å². The van der Waals surface area contributed by atoms with E-state index in [9.17, 15) is 14.0 Å². The van der Waals surface area contributed by atoms with Crippen molar-refractivity contribution in [2.45, 2.75) is 6.92 Å². The Kier molecular flexibility index (Phi) is 5.16. The van der Waals surface area contributed by atoms with Crippen LogP contribution in [-0.2, 0) is 0 Å². The summed E-state index contributed by atoms with van der Waals surface area (Å²) in [6.07, 6.45) is 1.40. The molecule has 0 bridgehead atoms. The molecule has 138 valence electrons. The van der Waals surface area contributed by atoms with E-state index in [1.165, 1.54) is 24.0 Å². The van der Waals surface area contributed by atoms with E-state index in [4.69, 9.17) is 0 Å². The van der Waals surface area contributed by atoms with Crippen LogP contribution in [-0.4, -0.2) is 28.8 Å². The highest BCUT2D eigenvalue weighted by Crippen LogP contribution is 2.19. The molecule has 3 N–H and O–H groups in total. The summed E-state index contributed by atoms with van der Waals surface area (Å²) in [6, 6.07) is 12.6. The minimum Gasteiger partial charge on any atom is -0.341 e. The highest BCUT2D eigenvalue weighted by Gasteiger charge is 2.17. The van der Waals surface area contributed by atoms with Crippen molar-refractivity contribution in [1.29, 1.82) is 0 Å². The molecular formula is C19H18FN5O2. The summed E-state index contributed by atoms with van der Waals surface area (Å²) < 4.78 is 15.4. The number of nitrogens with one attached hydrogen (secondary N) is 3. The van der Waals surface area contributed by atoms with Crippen molar-refractivity contribution in [3.63, 3.8) is 0 Å². The maximum atomic E-state index is 14.0. The van der Waals surface area contributed by atoms with Gasteiger partial charge in [0.05, 0.1) is 17.5 Å². The highest BCUT2D eigenvalue weighted by atomic mass is 19.1. The minimum absolute atomic E-state index is 0.277. The lowest BCUT2D eigenvalue weighted by atomic mass is 10.2. The van der Waals surface area contributed by atoms with Crippen molar-refractivity contribution in [2.75, 3.05) is 17.7 Å². The Morgan fingerprint density at radius 1 is 1.00 bits per heavy atom. The molecule has 2 aromatic carbocycles. The van der Waals surface area contributed by atoms with Gasteiger partial charge in [-0.25, -0.2) is 13.9 Å². The Hall–Kier alpha value is -3.68. The molecule has 1 aromatic heterocycles. The molecule has 3 aromatic rings. The van der Waals surface area contributed by atoms with E-state index in [2.05, 4.69) is 21.0 Å². The van der Waals surface area contributed by atoms with Crippen LogP contribution in [0.1, 0.15) is 16.1 Å². The molecule has 1 heterocycles. The molecule has 27 heavy (non-hydrogen) atoms. The molecule has 3 amide bonds. The average molecular weight is 367 g/mol. The van der Waals surface area contributed by atoms with E-state index in [0.29, 0.717) is 22.6 Å². The van der Waals surface area contributed by atoms with Crippen molar-refractivity contribution >= 4 is 23.3 Å². The first-order chi connectivity index (χ1) is 13.0. The lowest BCUT2D eigenvalue weighted by Gasteiger charge is -2.08. The molecular weight excluding hydrogens is 349 g/mol. The molecule has 0 aliphatic rings. The van der Waals surface area contributed by atoms with Gasteiger partial charge in [-0.15, -0.1) is 0 Å². The first kappa shape index (κ1) is 18.1. The number of amides is 3. The van der Waals surface area contributed by atoms with E-state index in [-0.39, 0.29) is 17.6 Å². The Morgan fingerprint density at radius 2 is 1.63 bits per heavy atom. The van der Waals surface area contributed by atoms with Gasteiger partial charge in [-0.3, -0.25) is 4.79 Å². The van der Waals surface area contributed by atoms with Crippen LogP contribution < -0.4 is 16.0 Å². The fourth-order valence-electron chi connectivity index (χ4n) is 2.53. The first-order valence-corrected chi connectivity index (χ1v) is 8.19. The number of carbonyl (C=O) groups is 2. The molecule has 0 radical (unpaired) electrons. The highest BCUT2D eigenvalue weighted by molar-refractivity contribution is 6.05. The zero-order chi connectivity index (χ0) is 19.4. The largest absolute Gasteiger partial charge is 0.341 e. The third-order valence-electron chi connectivity index (χ3n) is 3.96. The summed E-state index contributed by atoms with van der Waals surface area (Å²) in [5.41, 5.74) is 2.29. The Bertz CT molecular complexity index is 982. The summed E-state index contributed by atoms with van der Waals surface area (Å²) in [4.78, 5) is 23.8. The number of hydrogen-bond donors (Lipinski definition) is 3. The van der Waals surface area contributed by atoms with Gasteiger partial charge in [0.25, 0.3) is 5.91 Å². The molecule has 0 aliphatic heterocycles. The molecule has 0 aliphatic carbocycles. The predicted octanol–water partition coefficient (Wildman–Crippen LogP) is 3.32. The van der Waals surface area contributed by atoms with Crippen LogP contribution in [0.5, 0.6) is 0 Å². The minimum atomic E-state index is -0.421. The van der Waals surface area contributed by atoms with Gasteiger partial charge in [0.2, 0.25) is 0 Å². The summed E-state index contributed by atoms with van der Waals surface area (Å²) in [5.74, 6) is -0.781. The first-order valence-electron chi connectivity index (χ1n) is 8.19. The van der Waals surface area contributed by atoms with E-state index in [1.807, 2.05) is 0 Å². The molecule has 3 rings (SSSR count). The zero-order valence-corrected chi connectivity index (χ0v) is 14.8. The fourth-order valence-corrected chi connectivity index (χ4v) is 2.53. The quantitative estimate of drug-likeness (QED) is 0.661. The van der Waals surface area contributed by atoms with Gasteiger partial charge < -0.3 is 16.0 Å². The van der Waals surface area contributed by atoms with Crippen molar-refractivity contribution in [1.82, 2.24) is 15.1 Å². The standard InChI is InChI=1S/C19H18FN5O2/c1-12-15(11-22-25(12)17-6-4-3-5-16(17)20)18(26)23-13-7-9-14(10-8-13)24-19(27)21-2/h3-11H,1-2H3,(H,23,26)(H2,21,24,27). The SMILES string of the molecule is CNC(=O)Nc1ccc(NC(=O)c2cnn(-c3ccccc3F)c2C)cc1. The Labute approximate surface area is 155 Å². The van der Waals surface area contributed by atoms with E-state index < -0.39 is 5.82 Å². The van der Waals surface area contributed by atoms with Crippen LogP contribution in [0, 0.1) is 12.7 Å². The number of para-hydroxylation sites is 1. The van der Waals surface area contributed by atoms with Crippen molar-refractivity contribution in [3.8, 4) is 5.69 Å². The van der Waals surface area contributed by atoms with Gasteiger partial charge in [-0.1, -0.05) is 12.1 Å². The average Bonchev–Trinajstić information content (AvgIpc) is 3.05. The van der Waals surface area contributed by atoms with Crippen molar-refractivity contribution in [2.24, 2.45) is 0 Å². The van der Waals surface area contributed by atoms with Crippen molar-refractivity contribution in [3.05, 3.63) is 71.8 Å². The van der Waals surface area contributed by atoms with Gasteiger partial charge in [0, 0.05) is 18.4 Å². The van der Waals surface area contributed by atoms with E-state index >= 15 is 0 Å². The molecule has 8 heteroatoms. The molecule has 7 nitrogen and oxygen atoms in total. The normalized spacial score (nSPS) is 10.3. The Balaban J connectivity index is 1.75. The van der Waals surface area contributed by atoms with Gasteiger partial charge in [0.1, 0.15) is 11.5 Å². The number of aromatic nitrogens is 2. The maximum absolute atomic E-state index is 14.0. The number of halogens is 1. The second-order valence-corrected chi connectivity index (χ2v) is 5.74. The number of carbonyl (C=O) groups excluding carboxylic acids is 2. The second-order valence-electron chi connectivity index (χ2n) is 5.74. The van der Waals surface area contributed by atoms with Crippen molar-refractivity contribution < 1.29 is 14.0 Å². The number of nitrogens with zero attached hydrogens (tertiary/aromatic N) is 2. The lowest BCUT2D eigenvalue weighted by molar-refractivity contribution is 0.102. The van der Waals surface area contributed by atoms with Gasteiger partial charge in [-0.2, -0.15) is 5.10 Å². The van der Waals surface area contributed by atoms with Gasteiger partial charge in [-0.05, 0) is 43.3 Å². The maximum Gasteiger partial charge on any atom is 0.318 e. The fraction of sp³-hybridized carbons (Fsp3) is 0.105. The molecule has 0 atom stereocenters. The number of rotatable bonds is 4. The molecule has 0 saturated heterocycles. The second kappa shape index (κ2) is 7.69. The summed E-state index contributed by atoms with van der Waals surface area (Å²) in [6.45, 7) is 1.70. The molecule has 0 unspecified atom stereocenters. The summed E-state index contributed by atoms with van der Waals surface area (Å²) in [5, 5.41) is 12.0. The van der Waals surface area contributed by atoms with Crippen LogP contribution in [0.2, 0.25) is 0 Å². The number of urea groups is 1. The van der Waals surface area contributed by atoms with Crippen LogP contribution in [0.3, 0.4) is 0 Å². The zero-order valence-electron chi connectivity index (χ0n) is 14.8. The number of benzene rings is 2. The topological polar surface area (TPSA) is 88.1 Å². The molecule has 0 fully saturated rings. The van der Waals surface area contributed by atoms with Crippen LogP contribution >= 0.6 is 0 Å². The van der Waals surface area contributed by atoms with Gasteiger partial charge >= 0.3 is 6.03 Å². The number of hydrogen-bond acceptors (Lipinski definition) is 3. The smallest absolute Gasteiger partial charge is 0.318 e. The third-order valence-corrected chi connectivity index (χ3v) is 3.96. The predicted molar refractivity (Wildman–Crippen MR) is 101 cm³/mol. The van der Waals surface area contributed by atoms with E-state index in [1.54, 1.807) is 49.4 Å². The van der Waals surface area contributed by atoms with Crippen LogP contribution in [0.4, 0.5) is 20.6 Å². The molecule has 0 spiro atoms. The third kappa shape index (κ3) is 3.95. The monoisotopic (exact) mass is 367 g/mol. The lowest BCUT2D eigenvalue weighted by Crippen LogP contribution is -2.24. The summed E-state index contributed by atoms with van der Waals surface area (Å²) in [7, 11) is 1.52. The van der Waals surface area contributed by atoms with Gasteiger partial charge in [0.15, 0.2) is 0 Å². The number of anilines is 2.